The van der Waals surface area contributed by atoms with Gasteiger partial charge in [-0.1, -0.05) is 46.3 Å². The maximum Gasteiger partial charge on any atom is 0.205 e. The van der Waals surface area contributed by atoms with Gasteiger partial charge in [0.2, 0.25) is 5.79 Å². The van der Waals surface area contributed by atoms with E-state index in [9.17, 15) is 0 Å². The summed E-state index contributed by atoms with van der Waals surface area (Å²) in [6.07, 6.45) is 4.20. The molecule has 0 saturated carbocycles. The van der Waals surface area contributed by atoms with Crippen LogP contribution in [0.25, 0.3) is 12.2 Å². The van der Waals surface area contributed by atoms with Crippen LogP contribution in [0, 0.1) is 0 Å². The molecule has 0 radical (unpaired) electrons. The van der Waals surface area contributed by atoms with Crippen molar-refractivity contribution in [2.75, 3.05) is 0 Å². The molecule has 108 valence electrons. The number of benzene rings is 2. The van der Waals surface area contributed by atoms with Gasteiger partial charge >= 0.3 is 0 Å². The molecule has 0 aliphatic carbocycles. The fraction of sp³-hybridized carbons (Fsp3) is 0.222. The van der Waals surface area contributed by atoms with Crippen LogP contribution in [-0.2, 0) is 11.3 Å². The normalized spacial score (nSPS) is 16.5. The van der Waals surface area contributed by atoms with Crippen LogP contribution in [0.3, 0.4) is 0 Å². The molecule has 1 aliphatic heterocycles. The summed E-state index contributed by atoms with van der Waals surface area (Å²) in [5.41, 5.74) is 3.39. The van der Waals surface area contributed by atoms with E-state index in [1.807, 2.05) is 32.0 Å². The Balaban J connectivity index is 1.82. The maximum atomic E-state index is 5.80. The summed E-state index contributed by atoms with van der Waals surface area (Å²) in [4.78, 5) is 0. The van der Waals surface area contributed by atoms with Crippen molar-refractivity contribution in [3.8, 4) is 5.75 Å². The number of ether oxygens (including phenoxy) is 2. The Morgan fingerprint density at radius 1 is 1.05 bits per heavy atom. The molecular weight excluding hydrogens is 328 g/mol. The van der Waals surface area contributed by atoms with Crippen molar-refractivity contribution >= 4 is 28.1 Å². The first-order chi connectivity index (χ1) is 10.0. The van der Waals surface area contributed by atoms with Crippen LogP contribution >= 0.6 is 15.9 Å². The average Bonchev–Trinajstić information content (AvgIpc) is 2.44. The van der Waals surface area contributed by atoms with Gasteiger partial charge in [0.1, 0.15) is 5.75 Å². The first-order valence-electron chi connectivity index (χ1n) is 6.91. The predicted octanol–water partition coefficient (Wildman–Crippen LogP) is 5.26. The van der Waals surface area contributed by atoms with E-state index in [1.54, 1.807) is 0 Å². The van der Waals surface area contributed by atoms with Gasteiger partial charge in [-0.25, -0.2) is 0 Å². The van der Waals surface area contributed by atoms with Gasteiger partial charge in [0.05, 0.1) is 6.61 Å². The minimum absolute atomic E-state index is 0.541. The number of fused-ring (bicyclic) bond motifs is 1. The summed E-state index contributed by atoms with van der Waals surface area (Å²) in [6.45, 7) is 4.44. The Morgan fingerprint density at radius 3 is 2.57 bits per heavy atom. The minimum atomic E-state index is -0.541. The highest BCUT2D eigenvalue weighted by Crippen LogP contribution is 2.32. The standard InChI is InChI=1S/C18H17BrO2/c1-18(2)20-12-15-10-14(8-9-17(15)21-18)7-6-13-4-3-5-16(19)11-13/h3-11H,12H2,1-2H3. The number of hydrogen-bond donors (Lipinski definition) is 0. The SMILES string of the molecule is CC1(C)OCc2cc(C=Cc3cccc(Br)c3)ccc2O1. The van der Waals surface area contributed by atoms with E-state index in [2.05, 4.69) is 52.3 Å². The number of halogens is 1. The molecule has 0 aromatic heterocycles. The highest BCUT2D eigenvalue weighted by Gasteiger charge is 2.26. The molecule has 2 aromatic carbocycles. The molecule has 0 atom stereocenters. The highest BCUT2D eigenvalue weighted by molar-refractivity contribution is 9.10. The smallest absolute Gasteiger partial charge is 0.205 e. The number of hydrogen-bond acceptors (Lipinski definition) is 2. The lowest BCUT2D eigenvalue weighted by Crippen LogP contribution is -2.35. The van der Waals surface area contributed by atoms with Crippen LogP contribution in [0.5, 0.6) is 5.75 Å². The highest BCUT2D eigenvalue weighted by atomic mass is 79.9. The van der Waals surface area contributed by atoms with Gasteiger partial charge in [-0.15, -0.1) is 0 Å². The molecule has 0 bridgehead atoms. The van der Waals surface area contributed by atoms with Crippen molar-refractivity contribution < 1.29 is 9.47 Å². The van der Waals surface area contributed by atoms with Crippen LogP contribution in [0.1, 0.15) is 30.5 Å². The molecule has 0 fully saturated rings. The summed E-state index contributed by atoms with van der Waals surface area (Å²) in [5, 5.41) is 0. The van der Waals surface area contributed by atoms with Crippen molar-refractivity contribution in [3.05, 3.63) is 63.6 Å². The monoisotopic (exact) mass is 344 g/mol. The summed E-state index contributed by atoms with van der Waals surface area (Å²) in [6, 6.07) is 14.4. The zero-order valence-electron chi connectivity index (χ0n) is 12.1. The van der Waals surface area contributed by atoms with Gasteiger partial charge in [0.25, 0.3) is 0 Å². The quantitative estimate of drug-likeness (QED) is 0.691. The van der Waals surface area contributed by atoms with Crippen LogP contribution in [0.2, 0.25) is 0 Å². The van der Waals surface area contributed by atoms with Gasteiger partial charge < -0.3 is 9.47 Å². The topological polar surface area (TPSA) is 18.5 Å². The van der Waals surface area contributed by atoms with Crippen molar-refractivity contribution in [2.45, 2.75) is 26.2 Å². The van der Waals surface area contributed by atoms with Crippen LogP contribution in [0.4, 0.5) is 0 Å². The molecule has 3 heteroatoms. The Hall–Kier alpha value is -1.58. The molecule has 0 spiro atoms. The Labute approximate surface area is 133 Å². The lowest BCUT2D eigenvalue weighted by molar-refractivity contribution is -0.180. The van der Waals surface area contributed by atoms with E-state index in [4.69, 9.17) is 9.47 Å². The van der Waals surface area contributed by atoms with Gasteiger partial charge in [-0.2, -0.15) is 0 Å². The van der Waals surface area contributed by atoms with Crippen molar-refractivity contribution in [3.63, 3.8) is 0 Å². The number of rotatable bonds is 2. The molecule has 0 amide bonds. The molecular formula is C18H17BrO2. The molecule has 0 unspecified atom stereocenters. The fourth-order valence-electron chi connectivity index (χ4n) is 2.26. The fourth-order valence-corrected chi connectivity index (χ4v) is 2.68. The van der Waals surface area contributed by atoms with Crippen molar-refractivity contribution in [1.82, 2.24) is 0 Å². The molecule has 2 nitrogen and oxygen atoms in total. The van der Waals surface area contributed by atoms with Crippen molar-refractivity contribution in [1.29, 1.82) is 0 Å². The minimum Gasteiger partial charge on any atom is -0.463 e. The van der Waals surface area contributed by atoms with E-state index in [0.717, 1.165) is 26.9 Å². The average molecular weight is 345 g/mol. The van der Waals surface area contributed by atoms with Crippen LogP contribution < -0.4 is 4.74 Å². The molecule has 1 heterocycles. The molecule has 0 saturated heterocycles. The molecule has 1 aliphatic rings. The second kappa shape index (κ2) is 5.66. The first kappa shape index (κ1) is 14.4. The van der Waals surface area contributed by atoms with Gasteiger partial charge in [-0.05, 0) is 35.4 Å². The van der Waals surface area contributed by atoms with E-state index >= 15 is 0 Å². The lowest BCUT2D eigenvalue weighted by Gasteiger charge is -2.32. The largest absolute Gasteiger partial charge is 0.463 e. The van der Waals surface area contributed by atoms with Crippen LogP contribution in [0.15, 0.2) is 46.9 Å². The third kappa shape index (κ3) is 3.55. The Morgan fingerprint density at radius 2 is 1.81 bits per heavy atom. The Bertz CT molecular complexity index is 689. The predicted molar refractivity (Wildman–Crippen MR) is 89.0 cm³/mol. The van der Waals surface area contributed by atoms with E-state index in [-0.39, 0.29) is 0 Å². The van der Waals surface area contributed by atoms with E-state index in [1.165, 1.54) is 0 Å². The summed E-state index contributed by atoms with van der Waals surface area (Å²) >= 11 is 3.48. The van der Waals surface area contributed by atoms with Crippen LogP contribution in [-0.4, -0.2) is 5.79 Å². The second-order valence-electron chi connectivity index (χ2n) is 5.55. The first-order valence-corrected chi connectivity index (χ1v) is 7.71. The van der Waals surface area contributed by atoms with Gasteiger partial charge in [0.15, 0.2) is 0 Å². The van der Waals surface area contributed by atoms with Gasteiger partial charge in [0, 0.05) is 23.9 Å². The van der Waals surface area contributed by atoms with E-state index < -0.39 is 5.79 Å². The van der Waals surface area contributed by atoms with Gasteiger partial charge in [-0.3, -0.25) is 0 Å². The van der Waals surface area contributed by atoms with E-state index in [0.29, 0.717) is 6.61 Å². The third-order valence-corrected chi connectivity index (χ3v) is 3.83. The third-order valence-electron chi connectivity index (χ3n) is 3.33. The Kier molecular flexibility index (Phi) is 3.87. The summed E-state index contributed by atoms with van der Waals surface area (Å²) in [7, 11) is 0. The van der Waals surface area contributed by atoms with Crippen molar-refractivity contribution in [2.24, 2.45) is 0 Å². The lowest BCUT2D eigenvalue weighted by atomic mass is 10.1. The molecule has 0 N–H and O–H groups in total. The zero-order chi connectivity index (χ0) is 14.9. The molecule has 2 aromatic rings. The maximum absolute atomic E-state index is 5.80. The zero-order valence-corrected chi connectivity index (χ0v) is 13.7. The summed E-state index contributed by atoms with van der Waals surface area (Å²) in [5.74, 6) is 0.367. The second-order valence-corrected chi connectivity index (χ2v) is 6.46. The molecule has 21 heavy (non-hydrogen) atoms. The molecule has 3 rings (SSSR count). The summed E-state index contributed by atoms with van der Waals surface area (Å²) < 4.78 is 12.6.